The van der Waals surface area contributed by atoms with Gasteiger partial charge in [0.15, 0.2) is 0 Å². The largest absolute Gasteiger partial charge is 0.366 e. The van der Waals surface area contributed by atoms with Crippen LogP contribution >= 0.6 is 0 Å². The lowest BCUT2D eigenvalue weighted by Gasteiger charge is -2.56. The third-order valence-corrected chi connectivity index (χ3v) is 8.30. The molecule has 5 aliphatic rings. The fourth-order valence-corrected chi connectivity index (χ4v) is 7.37. The molecule has 2 N–H and O–H groups in total. The number of hydrogen-bond donors (Lipinski definition) is 1. The Morgan fingerprint density at radius 3 is 2.35 bits per heavy atom. The number of primary amides is 1. The third-order valence-electron chi connectivity index (χ3n) is 8.30. The lowest BCUT2D eigenvalue weighted by molar-refractivity contribution is -0.161. The van der Waals surface area contributed by atoms with Gasteiger partial charge in [-0.25, -0.2) is 0 Å². The van der Waals surface area contributed by atoms with Gasteiger partial charge in [0, 0.05) is 25.7 Å². The van der Waals surface area contributed by atoms with Gasteiger partial charge >= 0.3 is 0 Å². The molecule has 0 spiro atoms. The summed E-state index contributed by atoms with van der Waals surface area (Å²) in [7, 11) is 1.78. The smallest absolute Gasteiger partial charge is 0.248 e. The maximum Gasteiger partial charge on any atom is 0.248 e. The van der Waals surface area contributed by atoms with Gasteiger partial charge in [-0.1, -0.05) is 12.1 Å². The van der Waals surface area contributed by atoms with Crippen LogP contribution in [0.15, 0.2) is 24.3 Å². The van der Waals surface area contributed by atoms with E-state index in [2.05, 4.69) is 0 Å². The fourth-order valence-electron chi connectivity index (χ4n) is 7.37. The number of nitrogens with zero attached hydrogens (tertiary/aromatic N) is 2. The molecule has 4 aliphatic carbocycles. The van der Waals surface area contributed by atoms with Crippen molar-refractivity contribution in [2.75, 3.05) is 13.6 Å². The maximum absolute atomic E-state index is 13.8. The lowest BCUT2D eigenvalue weighted by atomic mass is 9.49. The number of carbonyl (C=O) groups excluding carboxylic acids is 3. The summed E-state index contributed by atoms with van der Waals surface area (Å²) in [6.07, 6.45) is 8.65. The zero-order valence-corrected chi connectivity index (χ0v) is 18.4. The van der Waals surface area contributed by atoms with Crippen LogP contribution in [-0.2, 0) is 16.1 Å². The van der Waals surface area contributed by atoms with Crippen molar-refractivity contribution < 1.29 is 14.4 Å². The van der Waals surface area contributed by atoms with E-state index in [9.17, 15) is 14.4 Å². The molecule has 6 nitrogen and oxygen atoms in total. The Balaban J connectivity index is 1.30. The number of benzene rings is 1. The van der Waals surface area contributed by atoms with Crippen LogP contribution in [0.3, 0.4) is 0 Å². The average Bonchev–Trinajstić information content (AvgIpc) is 3.21. The minimum absolute atomic E-state index is 0.0000522. The topological polar surface area (TPSA) is 83.7 Å². The number of rotatable bonds is 5. The molecule has 1 unspecified atom stereocenters. The number of amides is 3. The van der Waals surface area contributed by atoms with Crippen molar-refractivity contribution in [2.45, 2.75) is 64.0 Å². The van der Waals surface area contributed by atoms with Gasteiger partial charge in [-0.3, -0.25) is 14.4 Å². The Hall–Kier alpha value is -2.37. The van der Waals surface area contributed by atoms with Crippen LogP contribution in [0.1, 0.15) is 67.3 Å². The van der Waals surface area contributed by atoms with E-state index in [-0.39, 0.29) is 23.3 Å². The average molecular weight is 424 g/mol. The predicted molar refractivity (Wildman–Crippen MR) is 117 cm³/mol. The van der Waals surface area contributed by atoms with Gasteiger partial charge in [0.2, 0.25) is 17.7 Å². The van der Waals surface area contributed by atoms with Crippen molar-refractivity contribution in [2.24, 2.45) is 28.9 Å². The van der Waals surface area contributed by atoms with Crippen molar-refractivity contribution in [3.05, 3.63) is 35.4 Å². The number of likely N-dealkylation sites (tertiary alicyclic amines) is 1. The fraction of sp³-hybridized carbons (Fsp3) is 0.640. The molecule has 6 heteroatoms. The van der Waals surface area contributed by atoms with E-state index in [4.69, 9.17) is 5.73 Å². The molecule has 0 radical (unpaired) electrons. The summed E-state index contributed by atoms with van der Waals surface area (Å²) in [5.41, 5.74) is 6.49. The summed E-state index contributed by atoms with van der Waals surface area (Å²) in [6.45, 7) is 1.10. The van der Waals surface area contributed by atoms with E-state index in [0.717, 1.165) is 37.7 Å². The molecule has 4 bridgehead atoms. The van der Waals surface area contributed by atoms with Gasteiger partial charge in [-0.15, -0.1) is 0 Å². The van der Waals surface area contributed by atoms with E-state index in [0.29, 0.717) is 36.4 Å². The standard InChI is InChI=1S/C25H33N3O3/c1-27(15-16-4-2-5-20(11-16)22(26)29)23(30)21-6-3-7-28(21)24(31)25-12-17-8-18(13-25)10-19(9-17)14-25/h2,4-5,11,17-19,21H,3,6-10,12-15H2,1H3,(H2,26,29). The molecule has 6 rings (SSSR count). The lowest BCUT2D eigenvalue weighted by Crippen LogP contribution is -2.57. The van der Waals surface area contributed by atoms with Crippen molar-refractivity contribution in [1.29, 1.82) is 0 Å². The second-order valence-corrected chi connectivity index (χ2v) is 10.6. The van der Waals surface area contributed by atoms with Gasteiger partial charge in [0.05, 0.1) is 5.41 Å². The van der Waals surface area contributed by atoms with E-state index < -0.39 is 5.91 Å². The molecule has 1 aromatic rings. The summed E-state index contributed by atoms with van der Waals surface area (Å²) in [5, 5.41) is 0. The Morgan fingerprint density at radius 2 is 1.74 bits per heavy atom. The minimum atomic E-state index is -0.473. The molecule has 0 aromatic heterocycles. The molecular weight excluding hydrogens is 390 g/mol. The van der Waals surface area contributed by atoms with Crippen LogP contribution in [0.4, 0.5) is 0 Å². The minimum Gasteiger partial charge on any atom is -0.366 e. The van der Waals surface area contributed by atoms with Gasteiger partial charge in [-0.05, 0) is 86.8 Å². The monoisotopic (exact) mass is 423 g/mol. The highest BCUT2D eigenvalue weighted by atomic mass is 16.2. The number of hydrogen-bond acceptors (Lipinski definition) is 3. The van der Waals surface area contributed by atoms with Crippen LogP contribution in [0.2, 0.25) is 0 Å². The molecule has 5 fully saturated rings. The molecule has 4 saturated carbocycles. The van der Waals surface area contributed by atoms with Crippen LogP contribution in [0.5, 0.6) is 0 Å². The molecule has 31 heavy (non-hydrogen) atoms. The second-order valence-electron chi connectivity index (χ2n) is 10.6. The summed E-state index contributed by atoms with van der Waals surface area (Å²) in [5.74, 6) is 1.93. The van der Waals surface area contributed by atoms with Crippen molar-refractivity contribution >= 4 is 17.7 Å². The summed E-state index contributed by atoms with van der Waals surface area (Å²) in [4.78, 5) is 42.2. The summed E-state index contributed by atoms with van der Waals surface area (Å²) >= 11 is 0. The normalized spacial score (nSPS) is 33.5. The molecule has 166 valence electrons. The van der Waals surface area contributed by atoms with Crippen molar-refractivity contribution in [3.63, 3.8) is 0 Å². The third kappa shape index (κ3) is 3.64. The Bertz CT molecular complexity index is 876. The van der Waals surface area contributed by atoms with E-state index in [1.165, 1.54) is 19.3 Å². The van der Waals surface area contributed by atoms with E-state index >= 15 is 0 Å². The maximum atomic E-state index is 13.8. The number of nitrogens with two attached hydrogens (primary N) is 1. The highest BCUT2D eigenvalue weighted by Gasteiger charge is 2.56. The molecular formula is C25H33N3O3. The van der Waals surface area contributed by atoms with E-state index in [1.54, 1.807) is 30.1 Å². The predicted octanol–water partition coefficient (Wildman–Crippen LogP) is 2.95. The first-order valence-corrected chi connectivity index (χ1v) is 11.8. The van der Waals surface area contributed by atoms with Gasteiger partial charge in [0.1, 0.15) is 6.04 Å². The molecule has 1 saturated heterocycles. The SMILES string of the molecule is CN(Cc1cccc(C(N)=O)c1)C(=O)C1CCCN1C(=O)C12CC3CC(CC(C3)C1)C2. The van der Waals surface area contributed by atoms with E-state index in [1.807, 2.05) is 11.0 Å². The Labute approximate surface area is 184 Å². The molecule has 1 atom stereocenters. The van der Waals surface area contributed by atoms with Gasteiger partial charge in [-0.2, -0.15) is 0 Å². The summed E-state index contributed by atoms with van der Waals surface area (Å²) in [6, 6.07) is 6.73. The first-order valence-electron chi connectivity index (χ1n) is 11.8. The number of likely N-dealkylation sites (N-methyl/N-ethyl adjacent to an activating group) is 1. The molecule has 3 amide bonds. The quantitative estimate of drug-likeness (QED) is 0.790. The van der Waals surface area contributed by atoms with Crippen LogP contribution < -0.4 is 5.73 Å². The molecule has 1 aromatic carbocycles. The zero-order chi connectivity index (χ0) is 21.8. The van der Waals surface area contributed by atoms with Gasteiger partial charge < -0.3 is 15.5 Å². The first-order chi connectivity index (χ1) is 14.8. The van der Waals surface area contributed by atoms with Gasteiger partial charge in [0.25, 0.3) is 0 Å². The van der Waals surface area contributed by atoms with Crippen LogP contribution in [0.25, 0.3) is 0 Å². The highest BCUT2D eigenvalue weighted by molar-refractivity contribution is 5.93. The first kappa shape index (κ1) is 20.5. The van der Waals surface area contributed by atoms with Crippen LogP contribution in [-0.4, -0.2) is 47.2 Å². The Morgan fingerprint density at radius 1 is 1.10 bits per heavy atom. The van der Waals surface area contributed by atoms with Crippen molar-refractivity contribution in [3.8, 4) is 0 Å². The highest BCUT2D eigenvalue weighted by Crippen LogP contribution is 2.60. The van der Waals surface area contributed by atoms with Crippen LogP contribution in [0, 0.1) is 23.2 Å². The zero-order valence-electron chi connectivity index (χ0n) is 18.4. The second kappa shape index (κ2) is 7.64. The van der Waals surface area contributed by atoms with Crippen molar-refractivity contribution in [1.82, 2.24) is 9.80 Å². The number of carbonyl (C=O) groups is 3. The molecule has 1 aliphatic heterocycles. The Kier molecular flexibility index (Phi) is 5.06. The summed E-state index contributed by atoms with van der Waals surface area (Å²) < 4.78 is 0. The molecule has 1 heterocycles.